The lowest BCUT2D eigenvalue weighted by Crippen LogP contribution is -2.45. The van der Waals surface area contributed by atoms with Gasteiger partial charge in [-0.15, -0.1) is 0 Å². The van der Waals surface area contributed by atoms with Gasteiger partial charge in [0.25, 0.3) is 5.91 Å². The maximum Gasteiger partial charge on any atom is 0.254 e. The van der Waals surface area contributed by atoms with Gasteiger partial charge in [0.2, 0.25) is 5.91 Å². The summed E-state index contributed by atoms with van der Waals surface area (Å²) in [5, 5.41) is 2.86. The first-order valence-corrected chi connectivity index (χ1v) is 13.9. The summed E-state index contributed by atoms with van der Waals surface area (Å²) in [6, 6.07) is 12.3. The Kier molecular flexibility index (Phi) is 7.19. The van der Waals surface area contributed by atoms with E-state index in [0.717, 1.165) is 38.5 Å². The highest BCUT2D eigenvalue weighted by atomic mass is 16.2. The lowest BCUT2D eigenvalue weighted by atomic mass is 9.52. The van der Waals surface area contributed by atoms with Gasteiger partial charge in [0.15, 0.2) is 0 Å². The van der Waals surface area contributed by atoms with Crippen molar-refractivity contribution in [1.29, 1.82) is 0 Å². The number of amides is 2. The zero-order chi connectivity index (χ0) is 26.2. The van der Waals surface area contributed by atoms with E-state index in [1.165, 1.54) is 28.6 Å². The molecule has 2 saturated carbocycles. The van der Waals surface area contributed by atoms with Crippen molar-refractivity contribution in [3.63, 3.8) is 0 Å². The van der Waals surface area contributed by atoms with Crippen LogP contribution in [0.15, 0.2) is 42.6 Å². The van der Waals surface area contributed by atoms with Crippen LogP contribution in [0, 0.1) is 23.2 Å². The van der Waals surface area contributed by atoms with Gasteiger partial charge in [-0.1, -0.05) is 31.2 Å². The number of fused-ring (bicyclic) bond motifs is 5. The van der Waals surface area contributed by atoms with Gasteiger partial charge in [0.1, 0.15) is 11.6 Å². The summed E-state index contributed by atoms with van der Waals surface area (Å²) in [7, 11) is 3.39. The Morgan fingerprint density at radius 1 is 1.14 bits per heavy atom. The number of nitrogens with one attached hydrogen (secondary N) is 1. The van der Waals surface area contributed by atoms with E-state index in [9.17, 15) is 14.4 Å². The fourth-order valence-corrected chi connectivity index (χ4v) is 7.83. The number of benzene rings is 1. The maximum absolute atomic E-state index is 13.4. The Hall–Kier alpha value is -3.02. The minimum atomic E-state index is -0.157. The largest absolute Gasteiger partial charge is 0.345 e. The fourth-order valence-electron chi connectivity index (χ4n) is 7.83. The number of anilines is 1. The molecule has 3 aliphatic carbocycles. The number of ketones is 1. The molecule has 1 heterocycles. The minimum Gasteiger partial charge on any atom is -0.345 e. The van der Waals surface area contributed by atoms with Gasteiger partial charge in [-0.05, 0) is 91.9 Å². The Morgan fingerprint density at radius 2 is 1.95 bits per heavy atom. The topological polar surface area (TPSA) is 79.4 Å². The Morgan fingerprint density at radius 3 is 2.68 bits per heavy atom. The summed E-state index contributed by atoms with van der Waals surface area (Å²) in [4.78, 5) is 43.8. The zero-order valence-electron chi connectivity index (χ0n) is 22.3. The lowest BCUT2D eigenvalue weighted by Gasteiger charge is -2.51. The molecular formula is C31H39N3O3. The van der Waals surface area contributed by atoms with E-state index >= 15 is 0 Å². The van der Waals surface area contributed by atoms with Gasteiger partial charge in [0.05, 0.1) is 5.56 Å². The predicted molar refractivity (Wildman–Crippen MR) is 144 cm³/mol. The van der Waals surface area contributed by atoms with Crippen LogP contribution >= 0.6 is 0 Å². The van der Waals surface area contributed by atoms with E-state index < -0.39 is 0 Å². The molecule has 1 aromatic heterocycles. The SMILES string of the molecule is CC[C@]12CCC3c4ccccc4CCC3C1C(CCCC(=O)Nc1ccc(C(=O)N(C)C)cn1)CC2=O. The molecule has 1 N–H and O–H groups in total. The highest BCUT2D eigenvalue weighted by Crippen LogP contribution is 2.63. The van der Waals surface area contributed by atoms with E-state index in [1.807, 2.05) is 0 Å². The molecule has 2 aromatic rings. The van der Waals surface area contributed by atoms with E-state index in [4.69, 9.17) is 0 Å². The van der Waals surface area contributed by atoms with Gasteiger partial charge < -0.3 is 10.2 Å². The molecule has 5 rings (SSSR count). The van der Waals surface area contributed by atoms with Crippen LogP contribution in [0.5, 0.6) is 0 Å². The number of nitrogens with zero attached hydrogens (tertiary/aromatic N) is 2. The van der Waals surface area contributed by atoms with Crippen LogP contribution < -0.4 is 5.32 Å². The van der Waals surface area contributed by atoms with Gasteiger partial charge in [-0.2, -0.15) is 0 Å². The van der Waals surface area contributed by atoms with Crippen molar-refractivity contribution < 1.29 is 14.4 Å². The average molecular weight is 502 g/mol. The van der Waals surface area contributed by atoms with Crippen molar-refractivity contribution in [2.45, 2.75) is 70.6 Å². The quantitative estimate of drug-likeness (QED) is 0.533. The van der Waals surface area contributed by atoms with Crippen molar-refractivity contribution in [2.75, 3.05) is 19.4 Å². The van der Waals surface area contributed by atoms with E-state index in [1.54, 1.807) is 26.2 Å². The maximum atomic E-state index is 13.4. The van der Waals surface area contributed by atoms with Gasteiger partial charge in [-0.3, -0.25) is 14.4 Å². The monoisotopic (exact) mass is 501 g/mol. The number of carbonyl (C=O) groups excluding carboxylic acids is 3. The summed E-state index contributed by atoms with van der Waals surface area (Å²) in [5.41, 5.74) is 3.35. The molecule has 6 nitrogen and oxygen atoms in total. The number of Topliss-reactive ketones (excluding diaryl/α,β-unsaturated/α-hetero) is 1. The molecule has 6 heteroatoms. The van der Waals surface area contributed by atoms with Crippen molar-refractivity contribution >= 4 is 23.4 Å². The van der Waals surface area contributed by atoms with Crippen molar-refractivity contribution in [3.05, 3.63) is 59.3 Å². The summed E-state index contributed by atoms with van der Waals surface area (Å²) < 4.78 is 0. The van der Waals surface area contributed by atoms with Crippen LogP contribution in [-0.4, -0.2) is 41.6 Å². The normalized spacial score (nSPS) is 28.1. The summed E-state index contributed by atoms with van der Waals surface area (Å²) in [5.74, 6) is 2.68. The molecule has 196 valence electrons. The van der Waals surface area contributed by atoms with Crippen LogP contribution in [0.1, 0.15) is 85.7 Å². The van der Waals surface area contributed by atoms with Gasteiger partial charge in [-0.25, -0.2) is 4.98 Å². The highest BCUT2D eigenvalue weighted by molar-refractivity contribution is 5.94. The van der Waals surface area contributed by atoms with Gasteiger partial charge >= 0.3 is 0 Å². The molecule has 2 fully saturated rings. The number of hydrogen-bond acceptors (Lipinski definition) is 4. The highest BCUT2D eigenvalue weighted by Gasteiger charge is 2.59. The molecule has 5 atom stereocenters. The molecule has 37 heavy (non-hydrogen) atoms. The number of hydrogen-bond donors (Lipinski definition) is 1. The van der Waals surface area contributed by atoms with Crippen LogP contribution in [0.25, 0.3) is 0 Å². The Labute approximate surface area is 220 Å². The molecule has 0 spiro atoms. The third-order valence-electron chi connectivity index (χ3n) is 9.52. The second-order valence-electron chi connectivity index (χ2n) is 11.5. The average Bonchev–Trinajstić information content (AvgIpc) is 3.20. The fraction of sp³-hybridized carbons (Fsp3) is 0.548. The van der Waals surface area contributed by atoms with E-state index in [2.05, 4.69) is 41.5 Å². The van der Waals surface area contributed by atoms with Crippen LogP contribution in [-0.2, 0) is 16.0 Å². The number of rotatable bonds is 7. The second kappa shape index (κ2) is 10.4. The minimum absolute atomic E-state index is 0.0709. The van der Waals surface area contributed by atoms with Crippen molar-refractivity contribution in [1.82, 2.24) is 9.88 Å². The molecule has 1 aromatic carbocycles. The van der Waals surface area contributed by atoms with E-state index in [0.29, 0.717) is 53.7 Å². The van der Waals surface area contributed by atoms with Gasteiger partial charge in [0, 0.05) is 38.5 Å². The zero-order valence-corrected chi connectivity index (χ0v) is 22.3. The first-order chi connectivity index (χ1) is 17.8. The van der Waals surface area contributed by atoms with Crippen molar-refractivity contribution in [3.8, 4) is 0 Å². The molecule has 2 amide bonds. The predicted octanol–water partition coefficient (Wildman–Crippen LogP) is 5.63. The number of carbonyl (C=O) groups is 3. The molecule has 0 aliphatic heterocycles. The molecule has 0 saturated heterocycles. The summed E-state index contributed by atoms with van der Waals surface area (Å²) >= 11 is 0. The Balaban J connectivity index is 1.22. The third kappa shape index (κ3) is 4.71. The first-order valence-electron chi connectivity index (χ1n) is 13.9. The number of aromatic nitrogens is 1. The molecular weight excluding hydrogens is 462 g/mol. The van der Waals surface area contributed by atoms with Crippen LogP contribution in [0.3, 0.4) is 0 Å². The lowest BCUT2D eigenvalue weighted by molar-refractivity contribution is -0.131. The standard InChI is InChI=1S/C31H39N3O3/c1-4-31-17-16-24-23-10-6-5-8-20(23)12-14-25(24)29(31)21(18-26(31)35)9-7-11-28(36)33-27-15-13-22(19-32-27)30(37)34(2)3/h5-6,8,10,13,15,19,21,24-25,29H,4,7,9,11-12,14,16-18H2,1-3H3,(H,32,33,36)/t21?,24?,25?,29?,31-/m1/s1. The molecule has 0 radical (unpaired) electrons. The summed E-state index contributed by atoms with van der Waals surface area (Å²) in [6.45, 7) is 2.21. The number of aryl methyl sites for hydroxylation is 1. The van der Waals surface area contributed by atoms with Crippen LogP contribution in [0.2, 0.25) is 0 Å². The second-order valence-corrected chi connectivity index (χ2v) is 11.5. The summed E-state index contributed by atoms with van der Waals surface area (Å²) in [6.07, 6.45) is 9.63. The molecule has 4 unspecified atom stereocenters. The first kappa shape index (κ1) is 25.6. The smallest absolute Gasteiger partial charge is 0.254 e. The third-order valence-corrected chi connectivity index (χ3v) is 9.52. The van der Waals surface area contributed by atoms with Crippen LogP contribution in [0.4, 0.5) is 5.82 Å². The van der Waals surface area contributed by atoms with E-state index in [-0.39, 0.29) is 17.2 Å². The number of pyridine rings is 1. The Bertz CT molecular complexity index is 1170. The van der Waals surface area contributed by atoms with Crippen molar-refractivity contribution in [2.24, 2.45) is 23.2 Å². The molecule has 3 aliphatic rings. The molecule has 0 bridgehead atoms.